The molecule has 1 aliphatic heterocycles. The van der Waals surface area contributed by atoms with Gasteiger partial charge in [0.2, 0.25) is 5.91 Å². The predicted molar refractivity (Wildman–Crippen MR) is 76.3 cm³/mol. The van der Waals surface area contributed by atoms with Crippen molar-refractivity contribution in [1.29, 1.82) is 0 Å². The number of hydrogen-bond acceptors (Lipinski definition) is 5. The van der Waals surface area contributed by atoms with Crippen molar-refractivity contribution in [2.75, 3.05) is 40.0 Å². The molecule has 0 aromatic carbocycles. The molecule has 1 saturated heterocycles. The number of nitrogens with two attached hydrogens (primary N) is 1. The molecule has 118 valence electrons. The Bertz CT molecular complexity index is 280. The molecule has 1 amide bonds. The Balaban J connectivity index is 2.14. The summed E-state index contributed by atoms with van der Waals surface area (Å²) in [5.74, 6) is 0.183. The highest BCUT2D eigenvalue weighted by atomic mass is 16.5. The van der Waals surface area contributed by atoms with Gasteiger partial charge in [0.15, 0.2) is 0 Å². The zero-order chi connectivity index (χ0) is 15.0. The van der Waals surface area contributed by atoms with Crippen LogP contribution in [-0.4, -0.2) is 68.1 Å². The minimum atomic E-state index is -0.484. The van der Waals surface area contributed by atoms with E-state index in [1.54, 1.807) is 7.11 Å². The lowest BCUT2D eigenvalue weighted by atomic mass is 9.93. The van der Waals surface area contributed by atoms with Crippen molar-refractivity contribution in [3.63, 3.8) is 0 Å². The van der Waals surface area contributed by atoms with Gasteiger partial charge in [-0.15, -0.1) is 0 Å². The maximum atomic E-state index is 10.9. The largest absolute Gasteiger partial charge is 0.389 e. The van der Waals surface area contributed by atoms with E-state index < -0.39 is 6.10 Å². The monoisotopic (exact) mass is 288 g/mol. The van der Waals surface area contributed by atoms with Crippen LogP contribution >= 0.6 is 0 Å². The Hall–Kier alpha value is -0.690. The van der Waals surface area contributed by atoms with Crippen molar-refractivity contribution >= 4 is 5.91 Å². The number of likely N-dealkylation sites (tertiary alicyclic amines) is 1. The molecule has 0 aromatic heterocycles. The number of piperidine rings is 1. The van der Waals surface area contributed by atoms with Gasteiger partial charge in [0.25, 0.3) is 0 Å². The van der Waals surface area contributed by atoms with Crippen LogP contribution in [0.3, 0.4) is 0 Å². The van der Waals surface area contributed by atoms with Crippen molar-refractivity contribution in [1.82, 2.24) is 4.90 Å². The van der Waals surface area contributed by atoms with Crippen LogP contribution in [0.2, 0.25) is 0 Å². The van der Waals surface area contributed by atoms with Crippen molar-refractivity contribution < 1.29 is 19.4 Å². The zero-order valence-corrected chi connectivity index (χ0v) is 12.6. The number of amides is 1. The summed E-state index contributed by atoms with van der Waals surface area (Å²) >= 11 is 0. The van der Waals surface area contributed by atoms with Crippen LogP contribution in [0.1, 0.15) is 26.2 Å². The number of primary amides is 1. The highest BCUT2D eigenvalue weighted by molar-refractivity contribution is 5.73. The summed E-state index contributed by atoms with van der Waals surface area (Å²) in [6, 6.07) is 0. The number of aliphatic hydroxyl groups is 1. The summed E-state index contributed by atoms with van der Waals surface area (Å²) in [5.41, 5.74) is 5.21. The van der Waals surface area contributed by atoms with E-state index in [0.717, 1.165) is 25.9 Å². The van der Waals surface area contributed by atoms with Crippen LogP contribution in [0.25, 0.3) is 0 Å². The highest BCUT2D eigenvalue weighted by Gasteiger charge is 2.22. The maximum absolute atomic E-state index is 10.9. The number of ether oxygens (including phenoxy) is 2. The first-order valence-corrected chi connectivity index (χ1v) is 7.30. The zero-order valence-electron chi connectivity index (χ0n) is 12.6. The maximum Gasteiger partial charge on any atom is 0.217 e. The third-order valence-electron chi connectivity index (χ3n) is 3.64. The molecule has 20 heavy (non-hydrogen) atoms. The normalized spacial score (nSPS) is 20.8. The number of rotatable bonds is 9. The minimum absolute atomic E-state index is 0.00375. The van der Waals surface area contributed by atoms with Gasteiger partial charge < -0.3 is 25.2 Å². The lowest BCUT2D eigenvalue weighted by Gasteiger charge is -2.32. The quantitative estimate of drug-likeness (QED) is 0.623. The molecule has 0 saturated carbocycles. The van der Waals surface area contributed by atoms with Gasteiger partial charge in [-0.2, -0.15) is 0 Å². The summed E-state index contributed by atoms with van der Waals surface area (Å²) < 4.78 is 10.5. The summed E-state index contributed by atoms with van der Waals surface area (Å²) in [4.78, 5) is 13.1. The average Bonchev–Trinajstić information content (AvgIpc) is 2.38. The van der Waals surface area contributed by atoms with E-state index in [1.165, 1.54) is 0 Å². The van der Waals surface area contributed by atoms with Crippen LogP contribution in [0.4, 0.5) is 0 Å². The molecular weight excluding hydrogens is 260 g/mol. The molecular formula is C14H28N2O4. The molecule has 3 N–H and O–H groups in total. The Morgan fingerprint density at radius 1 is 1.40 bits per heavy atom. The number of hydrogen-bond donors (Lipinski definition) is 2. The molecule has 0 radical (unpaired) electrons. The van der Waals surface area contributed by atoms with Crippen molar-refractivity contribution in [2.24, 2.45) is 11.7 Å². The molecule has 1 aliphatic rings. The molecule has 0 aliphatic carbocycles. The molecule has 6 nitrogen and oxygen atoms in total. The third-order valence-corrected chi connectivity index (χ3v) is 3.64. The number of β-amino-alcohol motifs (C(OH)–C–C–N with tert-alkyl or cyclic N) is 1. The molecule has 1 fully saturated rings. The summed E-state index contributed by atoms with van der Waals surface area (Å²) in [5, 5.41) is 9.95. The second-order valence-electron chi connectivity index (χ2n) is 5.67. The van der Waals surface area contributed by atoms with Gasteiger partial charge in [-0.3, -0.25) is 4.79 Å². The first kappa shape index (κ1) is 17.4. The molecule has 0 aromatic rings. The number of aliphatic hydroxyl groups excluding tert-OH is 1. The van der Waals surface area contributed by atoms with E-state index in [-0.39, 0.29) is 12.0 Å². The Morgan fingerprint density at radius 3 is 2.60 bits per heavy atom. The first-order chi connectivity index (χ1) is 9.51. The average molecular weight is 288 g/mol. The molecule has 1 rings (SSSR count). The number of nitrogens with zero attached hydrogens (tertiary/aromatic N) is 1. The summed E-state index contributed by atoms with van der Waals surface area (Å²) in [6.45, 7) is 5.21. The number of carbonyl (C=O) groups excluding carboxylic acids is 1. The van der Waals surface area contributed by atoms with Gasteiger partial charge in [0, 0.05) is 20.1 Å². The molecule has 1 heterocycles. The lowest BCUT2D eigenvalue weighted by Crippen LogP contribution is -2.41. The third kappa shape index (κ3) is 7.19. The second kappa shape index (κ2) is 9.28. The van der Waals surface area contributed by atoms with Crippen LogP contribution in [-0.2, 0) is 14.3 Å². The van der Waals surface area contributed by atoms with E-state index in [2.05, 4.69) is 4.90 Å². The first-order valence-electron chi connectivity index (χ1n) is 7.30. The van der Waals surface area contributed by atoms with Crippen LogP contribution in [0.5, 0.6) is 0 Å². The molecule has 2 atom stereocenters. The standard InChI is InChI=1S/C14H28N2O4/c1-11(9-19-2)20-10-13(17)8-16-5-3-12(4-6-16)7-14(15)18/h11-13,17H,3-10H2,1-2H3,(H2,15,18). The highest BCUT2D eigenvalue weighted by Crippen LogP contribution is 2.20. The Labute approximate surface area is 121 Å². The fourth-order valence-electron chi connectivity index (χ4n) is 2.57. The van der Waals surface area contributed by atoms with Gasteiger partial charge >= 0.3 is 0 Å². The Morgan fingerprint density at radius 2 is 2.05 bits per heavy atom. The fraction of sp³-hybridized carbons (Fsp3) is 0.929. The van der Waals surface area contributed by atoms with Gasteiger partial charge in [-0.05, 0) is 38.8 Å². The van der Waals surface area contributed by atoms with Crippen LogP contribution < -0.4 is 5.73 Å². The van der Waals surface area contributed by atoms with E-state index in [1.807, 2.05) is 6.92 Å². The lowest BCUT2D eigenvalue weighted by molar-refractivity contribution is -0.119. The van der Waals surface area contributed by atoms with Crippen LogP contribution in [0, 0.1) is 5.92 Å². The van der Waals surface area contributed by atoms with Crippen molar-refractivity contribution in [3.8, 4) is 0 Å². The fourth-order valence-corrected chi connectivity index (χ4v) is 2.57. The SMILES string of the molecule is COCC(C)OCC(O)CN1CCC(CC(N)=O)CC1. The smallest absolute Gasteiger partial charge is 0.217 e. The van der Waals surface area contributed by atoms with Gasteiger partial charge in [-0.1, -0.05) is 0 Å². The van der Waals surface area contributed by atoms with Crippen molar-refractivity contribution in [3.05, 3.63) is 0 Å². The molecule has 0 spiro atoms. The topological polar surface area (TPSA) is 85.0 Å². The number of methoxy groups -OCH3 is 1. The van der Waals surface area contributed by atoms with E-state index in [4.69, 9.17) is 15.2 Å². The predicted octanol–water partition coefficient (Wildman–Crippen LogP) is -0.0138. The molecule has 6 heteroatoms. The van der Waals surface area contributed by atoms with Crippen LogP contribution in [0.15, 0.2) is 0 Å². The van der Waals surface area contributed by atoms with Gasteiger partial charge in [-0.25, -0.2) is 0 Å². The second-order valence-corrected chi connectivity index (χ2v) is 5.67. The summed E-state index contributed by atoms with van der Waals surface area (Å²) in [7, 11) is 1.63. The van der Waals surface area contributed by atoms with Gasteiger partial charge in [0.05, 0.1) is 25.4 Å². The molecule has 2 unspecified atom stereocenters. The summed E-state index contributed by atoms with van der Waals surface area (Å²) in [6.07, 6.45) is 1.93. The van der Waals surface area contributed by atoms with E-state index in [0.29, 0.717) is 32.1 Å². The van der Waals surface area contributed by atoms with E-state index in [9.17, 15) is 9.90 Å². The van der Waals surface area contributed by atoms with Crippen molar-refractivity contribution in [2.45, 2.75) is 38.4 Å². The van der Waals surface area contributed by atoms with E-state index >= 15 is 0 Å². The Kier molecular flexibility index (Phi) is 8.06. The molecule has 0 bridgehead atoms. The minimum Gasteiger partial charge on any atom is -0.389 e. The number of carbonyl (C=O) groups is 1. The van der Waals surface area contributed by atoms with Gasteiger partial charge in [0.1, 0.15) is 0 Å².